The minimum absolute atomic E-state index is 0.432. The van der Waals surface area contributed by atoms with Crippen molar-refractivity contribution in [3.05, 3.63) is 0 Å². The Morgan fingerprint density at radius 2 is 1.32 bits per heavy atom. The highest BCUT2D eigenvalue weighted by atomic mass is 28.4. The molecule has 1 unspecified atom stereocenters. The van der Waals surface area contributed by atoms with Crippen LogP contribution in [0.25, 0.3) is 0 Å². The lowest BCUT2D eigenvalue weighted by molar-refractivity contribution is 0.125. The maximum absolute atomic E-state index is 5.63. The van der Waals surface area contributed by atoms with Crippen LogP contribution in [0.1, 0.15) is 13.3 Å². The Labute approximate surface area is 138 Å². The molecule has 0 aromatic rings. The molecule has 0 fully saturated rings. The first-order valence-corrected chi connectivity index (χ1v) is 12.0. The Balaban J connectivity index is 0. The van der Waals surface area contributed by atoms with Crippen molar-refractivity contribution in [1.29, 1.82) is 0 Å². The SMILES string of the molecule is CC[Si](OC)(OC)OC.CO[Si](C)(CC(CN)CCN)OC. The van der Waals surface area contributed by atoms with E-state index >= 15 is 0 Å². The third kappa shape index (κ3) is 9.33. The van der Waals surface area contributed by atoms with Crippen LogP contribution < -0.4 is 11.5 Å². The summed E-state index contributed by atoms with van der Waals surface area (Å²) in [5.41, 5.74) is 11.1. The first-order chi connectivity index (χ1) is 10.4. The fraction of sp³-hybridized carbons (Fsp3) is 1.00. The predicted octanol–water partition coefficient (Wildman–Crippen LogP) is 1.16. The number of hydrogen-bond donors (Lipinski definition) is 2. The van der Waals surface area contributed by atoms with Crippen LogP contribution in [-0.2, 0) is 22.1 Å². The molecule has 0 saturated heterocycles. The van der Waals surface area contributed by atoms with Gasteiger partial charge in [0.05, 0.1) is 0 Å². The average Bonchev–Trinajstić information content (AvgIpc) is 2.57. The molecule has 0 amide bonds. The van der Waals surface area contributed by atoms with Crippen LogP contribution in [0.5, 0.6) is 0 Å². The van der Waals surface area contributed by atoms with Gasteiger partial charge < -0.3 is 33.6 Å². The largest absolute Gasteiger partial charge is 0.499 e. The second-order valence-electron chi connectivity index (χ2n) is 5.07. The van der Waals surface area contributed by atoms with E-state index in [1.165, 1.54) is 0 Å². The summed E-state index contributed by atoms with van der Waals surface area (Å²) < 4.78 is 26.0. The van der Waals surface area contributed by atoms with Crippen LogP contribution in [0.4, 0.5) is 0 Å². The first kappa shape index (κ1) is 24.4. The Hall–Kier alpha value is 0.154. The van der Waals surface area contributed by atoms with Crippen LogP contribution >= 0.6 is 0 Å². The molecule has 7 nitrogen and oxygen atoms in total. The van der Waals surface area contributed by atoms with Crippen LogP contribution in [0, 0.1) is 5.92 Å². The second-order valence-corrected chi connectivity index (χ2v) is 11.9. The van der Waals surface area contributed by atoms with Crippen molar-refractivity contribution in [2.45, 2.75) is 32.0 Å². The van der Waals surface area contributed by atoms with Gasteiger partial charge in [-0.3, -0.25) is 0 Å². The van der Waals surface area contributed by atoms with Gasteiger partial charge in [-0.2, -0.15) is 0 Å². The van der Waals surface area contributed by atoms with Gasteiger partial charge in [-0.25, -0.2) is 0 Å². The van der Waals surface area contributed by atoms with Crippen LogP contribution in [0.15, 0.2) is 0 Å². The van der Waals surface area contributed by atoms with Gasteiger partial charge in [0.2, 0.25) is 0 Å². The fourth-order valence-corrected chi connectivity index (χ4v) is 5.28. The van der Waals surface area contributed by atoms with E-state index in [9.17, 15) is 0 Å². The van der Waals surface area contributed by atoms with Crippen LogP contribution in [0.3, 0.4) is 0 Å². The second kappa shape index (κ2) is 13.6. The highest BCUT2D eigenvalue weighted by molar-refractivity contribution is 6.66. The smallest absolute Gasteiger partial charge is 0.398 e. The molecule has 0 heterocycles. The molecule has 0 radical (unpaired) electrons. The van der Waals surface area contributed by atoms with Crippen molar-refractivity contribution in [3.8, 4) is 0 Å². The van der Waals surface area contributed by atoms with Crippen LogP contribution in [-0.4, -0.2) is 66.0 Å². The number of hydrogen-bond acceptors (Lipinski definition) is 7. The average molecular weight is 357 g/mol. The zero-order valence-corrected chi connectivity index (χ0v) is 17.3. The Morgan fingerprint density at radius 3 is 1.50 bits per heavy atom. The minimum atomic E-state index is -2.19. The third-order valence-electron chi connectivity index (χ3n) is 3.80. The van der Waals surface area contributed by atoms with E-state index in [2.05, 4.69) is 0 Å². The maximum Gasteiger partial charge on any atom is 0.499 e. The predicted molar refractivity (Wildman–Crippen MR) is 93.9 cm³/mol. The Kier molecular flexibility index (Phi) is 15.1. The zero-order chi connectivity index (χ0) is 17.6. The summed E-state index contributed by atoms with van der Waals surface area (Å²) in [6.07, 6.45) is 0.950. The van der Waals surface area contributed by atoms with Gasteiger partial charge in [-0.1, -0.05) is 6.92 Å². The van der Waals surface area contributed by atoms with E-state index in [1.54, 1.807) is 35.5 Å². The summed E-state index contributed by atoms with van der Waals surface area (Å²) >= 11 is 0. The number of rotatable bonds is 11. The van der Waals surface area contributed by atoms with Crippen molar-refractivity contribution < 1.29 is 22.1 Å². The molecule has 9 heteroatoms. The Morgan fingerprint density at radius 1 is 0.864 bits per heavy atom. The molecule has 0 aromatic heterocycles. The molecule has 0 bridgehead atoms. The van der Waals surface area contributed by atoms with E-state index in [0.717, 1.165) is 18.5 Å². The highest BCUT2D eigenvalue weighted by Crippen LogP contribution is 2.19. The normalized spacial score (nSPS) is 13.5. The molecule has 0 aliphatic heterocycles. The Bertz CT molecular complexity index is 237. The topological polar surface area (TPSA) is 98.2 Å². The van der Waals surface area contributed by atoms with E-state index < -0.39 is 17.4 Å². The summed E-state index contributed by atoms with van der Waals surface area (Å²) in [5, 5.41) is 0. The molecule has 0 aliphatic rings. The molecule has 0 aliphatic carbocycles. The standard InChI is InChI=1S/C8H22N2O2Si.C5H14O3Si/c1-11-13(3,12-2)7-8(6-10)4-5-9;1-5-9(6-2,7-3)8-4/h8H,4-7,9-10H2,1-3H3;5H2,1-4H3. The van der Waals surface area contributed by atoms with Gasteiger partial charge in [0, 0.05) is 41.6 Å². The van der Waals surface area contributed by atoms with Crippen molar-refractivity contribution in [1.82, 2.24) is 0 Å². The van der Waals surface area contributed by atoms with E-state index in [1.807, 2.05) is 13.5 Å². The monoisotopic (exact) mass is 356 g/mol. The van der Waals surface area contributed by atoms with Gasteiger partial charge in [0.15, 0.2) is 0 Å². The fourth-order valence-electron chi connectivity index (χ4n) is 2.00. The lowest BCUT2D eigenvalue weighted by Crippen LogP contribution is -2.41. The van der Waals surface area contributed by atoms with Gasteiger partial charge in [-0.05, 0) is 38.0 Å². The van der Waals surface area contributed by atoms with E-state index in [-0.39, 0.29) is 0 Å². The van der Waals surface area contributed by atoms with E-state index in [0.29, 0.717) is 19.0 Å². The molecule has 22 heavy (non-hydrogen) atoms. The molecule has 0 aromatic carbocycles. The summed E-state index contributed by atoms with van der Waals surface area (Å²) in [6.45, 7) is 5.38. The maximum atomic E-state index is 5.63. The van der Waals surface area contributed by atoms with Crippen LogP contribution in [0.2, 0.25) is 18.6 Å². The zero-order valence-electron chi connectivity index (χ0n) is 15.3. The summed E-state index contributed by atoms with van der Waals surface area (Å²) in [4.78, 5) is 0. The first-order valence-electron chi connectivity index (χ1n) is 7.52. The third-order valence-corrected chi connectivity index (χ3v) is 9.58. The molecule has 1 atom stereocenters. The molecular formula is C13H36N2O5Si2. The molecular weight excluding hydrogens is 320 g/mol. The van der Waals surface area contributed by atoms with Gasteiger partial charge in [0.1, 0.15) is 0 Å². The molecule has 4 N–H and O–H groups in total. The molecule has 0 rings (SSSR count). The summed E-state index contributed by atoms with van der Waals surface area (Å²) in [6, 6.07) is 1.74. The van der Waals surface area contributed by atoms with Gasteiger partial charge in [-0.15, -0.1) is 0 Å². The number of nitrogens with two attached hydrogens (primary N) is 2. The van der Waals surface area contributed by atoms with Crippen molar-refractivity contribution in [2.75, 3.05) is 48.6 Å². The minimum Gasteiger partial charge on any atom is -0.398 e. The van der Waals surface area contributed by atoms with Crippen molar-refractivity contribution >= 4 is 17.4 Å². The molecule has 0 spiro atoms. The van der Waals surface area contributed by atoms with Crippen molar-refractivity contribution in [3.63, 3.8) is 0 Å². The highest BCUT2D eigenvalue weighted by Gasteiger charge is 2.34. The lowest BCUT2D eigenvalue weighted by atomic mass is 10.1. The quantitative estimate of drug-likeness (QED) is 0.536. The summed E-state index contributed by atoms with van der Waals surface area (Å²) in [5.74, 6) is 0.432. The van der Waals surface area contributed by atoms with Gasteiger partial charge in [0.25, 0.3) is 0 Å². The molecule has 136 valence electrons. The van der Waals surface area contributed by atoms with Gasteiger partial charge >= 0.3 is 17.4 Å². The van der Waals surface area contributed by atoms with Crippen molar-refractivity contribution in [2.24, 2.45) is 17.4 Å². The lowest BCUT2D eigenvalue weighted by Gasteiger charge is -2.26. The summed E-state index contributed by atoms with van der Waals surface area (Å²) in [7, 11) is 4.10. The van der Waals surface area contributed by atoms with E-state index in [4.69, 9.17) is 33.6 Å². The molecule has 0 saturated carbocycles.